The van der Waals surface area contributed by atoms with E-state index in [0.29, 0.717) is 26.4 Å². The average Bonchev–Trinajstić information content (AvgIpc) is 2.35. The lowest BCUT2D eigenvalue weighted by atomic mass is 10.4. The first kappa shape index (κ1) is 16.8. The van der Waals surface area contributed by atoms with E-state index >= 15 is 0 Å². The molecule has 0 rings (SSSR count). The third kappa shape index (κ3) is 15.8. The van der Waals surface area contributed by atoms with E-state index < -0.39 is 0 Å². The highest BCUT2D eigenvalue weighted by Crippen LogP contribution is 1.88. The van der Waals surface area contributed by atoms with Crippen molar-refractivity contribution in [1.82, 2.24) is 5.32 Å². The van der Waals surface area contributed by atoms with Gasteiger partial charge in [-0.1, -0.05) is 20.3 Å². The highest BCUT2D eigenvalue weighted by molar-refractivity contribution is 4.42. The van der Waals surface area contributed by atoms with Gasteiger partial charge >= 0.3 is 0 Å². The molecule has 0 heterocycles. The zero-order valence-corrected chi connectivity index (χ0v) is 11.5. The molecule has 0 aliphatic heterocycles. The Morgan fingerprint density at radius 2 is 1.24 bits per heavy atom. The second-order valence-electron chi connectivity index (χ2n) is 3.90. The molecule has 0 aromatic rings. The van der Waals surface area contributed by atoms with Crippen LogP contribution in [0.1, 0.15) is 33.1 Å². The minimum atomic E-state index is 0.665. The predicted octanol–water partition coefficient (Wildman–Crippen LogP) is 1.84. The highest BCUT2D eigenvalue weighted by atomic mass is 16.5. The average molecular weight is 247 g/mol. The van der Waals surface area contributed by atoms with Crippen LogP contribution < -0.4 is 5.32 Å². The quantitative estimate of drug-likeness (QED) is 0.475. The maximum atomic E-state index is 5.42. The molecule has 0 spiro atoms. The Labute approximate surface area is 106 Å². The molecule has 0 amide bonds. The number of unbranched alkanes of at least 4 members (excludes halogenated alkanes) is 1. The van der Waals surface area contributed by atoms with E-state index in [1.54, 1.807) is 0 Å². The van der Waals surface area contributed by atoms with Gasteiger partial charge in [0.05, 0.1) is 26.4 Å². The van der Waals surface area contributed by atoms with Crippen LogP contribution in [0.2, 0.25) is 0 Å². The fourth-order valence-corrected chi connectivity index (χ4v) is 1.26. The molecule has 0 saturated carbocycles. The molecule has 0 saturated heterocycles. The zero-order chi connectivity index (χ0) is 12.6. The van der Waals surface area contributed by atoms with Crippen LogP contribution in [-0.4, -0.2) is 52.7 Å². The zero-order valence-electron chi connectivity index (χ0n) is 11.5. The van der Waals surface area contributed by atoms with Crippen LogP contribution in [-0.2, 0) is 14.2 Å². The van der Waals surface area contributed by atoms with Crippen molar-refractivity contribution in [3.63, 3.8) is 0 Å². The number of hydrogen-bond acceptors (Lipinski definition) is 4. The molecule has 0 aromatic heterocycles. The number of rotatable bonds is 14. The van der Waals surface area contributed by atoms with E-state index in [4.69, 9.17) is 14.2 Å². The molecular formula is C13H29NO3. The summed E-state index contributed by atoms with van der Waals surface area (Å²) in [7, 11) is 0. The Bertz CT molecular complexity index is 120. The third-order valence-electron chi connectivity index (χ3n) is 2.28. The lowest BCUT2D eigenvalue weighted by Gasteiger charge is -2.06. The van der Waals surface area contributed by atoms with E-state index in [0.717, 1.165) is 39.1 Å². The molecule has 0 fully saturated rings. The molecule has 0 radical (unpaired) electrons. The van der Waals surface area contributed by atoms with Crippen LogP contribution in [0.5, 0.6) is 0 Å². The molecule has 0 unspecified atom stereocenters. The first-order valence-electron chi connectivity index (χ1n) is 6.85. The summed E-state index contributed by atoms with van der Waals surface area (Å²) in [5.41, 5.74) is 0. The van der Waals surface area contributed by atoms with Crippen molar-refractivity contribution in [2.75, 3.05) is 52.7 Å². The molecule has 1 N–H and O–H groups in total. The van der Waals surface area contributed by atoms with Crippen LogP contribution in [0.4, 0.5) is 0 Å². The fourth-order valence-electron chi connectivity index (χ4n) is 1.26. The van der Waals surface area contributed by atoms with Crippen LogP contribution in [0, 0.1) is 0 Å². The van der Waals surface area contributed by atoms with Crippen molar-refractivity contribution in [2.45, 2.75) is 33.1 Å². The van der Waals surface area contributed by atoms with Crippen molar-refractivity contribution in [3.05, 3.63) is 0 Å². The normalized spacial score (nSPS) is 10.9. The lowest BCUT2D eigenvalue weighted by Crippen LogP contribution is -2.16. The van der Waals surface area contributed by atoms with E-state index in [-0.39, 0.29) is 0 Å². The van der Waals surface area contributed by atoms with Gasteiger partial charge < -0.3 is 19.5 Å². The second-order valence-corrected chi connectivity index (χ2v) is 3.90. The Hall–Kier alpha value is -0.160. The van der Waals surface area contributed by atoms with Crippen molar-refractivity contribution < 1.29 is 14.2 Å². The summed E-state index contributed by atoms with van der Waals surface area (Å²) in [6.45, 7) is 10.7. The second kappa shape index (κ2) is 15.8. The third-order valence-corrected chi connectivity index (χ3v) is 2.28. The topological polar surface area (TPSA) is 39.7 Å². The molecule has 4 heteroatoms. The number of hydrogen-bond donors (Lipinski definition) is 1. The molecule has 0 aliphatic rings. The molecule has 0 aliphatic carbocycles. The Balaban J connectivity index is 2.85. The van der Waals surface area contributed by atoms with E-state index in [1.165, 1.54) is 6.42 Å². The summed E-state index contributed by atoms with van der Waals surface area (Å²) in [6.07, 6.45) is 3.38. The summed E-state index contributed by atoms with van der Waals surface area (Å²) < 4.78 is 16.2. The largest absolute Gasteiger partial charge is 0.379 e. The standard InChI is InChI=1S/C13H29NO3/c1-3-5-8-15-10-12-17-13-11-16-9-6-7-14-4-2/h14H,3-13H2,1-2H3. The molecule has 0 bridgehead atoms. The fraction of sp³-hybridized carbons (Fsp3) is 1.00. The monoisotopic (exact) mass is 247 g/mol. The van der Waals surface area contributed by atoms with E-state index in [9.17, 15) is 0 Å². The van der Waals surface area contributed by atoms with Gasteiger partial charge in [-0.05, 0) is 25.9 Å². The van der Waals surface area contributed by atoms with Crippen LogP contribution in [0.3, 0.4) is 0 Å². The van der Waals surface area contributed by atoms with E-state index in [2.05, 4.69) is 19.2 Å². The van der Waals surface area contributed by atoms with Gasteiger partial charge in [0.25, 0.3) is 0 Å². The van der Waals surface area contributed by atoms with Gasteiger partial charge in [0.2, 0.25) is 0 Å². The van der Waals surface area contributed by atoms with E-state index in [1.807, 2.05) is 0 Å². The highest BCUT2D eigenvalue weighted by Gasteiger charge is 1.91. The maximum Gasteiger partial charge on any atom is 0.0701 e. The minimum absolute atomic E-state index is 0.665. The molecule has 4 nitrogen and oxygen atoms in total. The van der Waals surface area contributed by atoms with Crippen LogP contribution >= 0.6 is 0 Å². The smallest absolute Gasteiger partial charge is 0.0701 e. The van der Waals surface area contributed by atoms with Crippen molar-refractivity contribution in [3.8, 4) is 0 Å². The summed E-state index contributed by atoms with van der Waals surface area (Å²) in [5.74, 6) is 0. The molecule has 0 atom stereocenters. The molecule has 17 heavy (non-hydrogen) atoms. The number of nitrogens with one attached hydrogen (secondary N) is 1. The van der Waals surface area contributed by atoms with Crippen molar-refractivity contribution in [2.24, 2.45) is 0 Å². The Kier molecular flexibility index (Phi) is 15.7. The summed E-state index contributed by atoms with van der Waals surface area (Å²) in [6, 6.07) is 0. The number of ether oxygens (including phenoxy) is 3. The predicted molar refractivity (Wildman–Crippen MR) is 70.5 cm³/mol. The SMILES string of the molecule is CCCCOCCOCCOCCCNCC. The van der Waals surface area contributed by atoms with Gasteiger partial charge in [-0.15, -0.1) is 0 Å². The van der Waals surface area contributed by atoms with Gasteiger partial charge in [0, 0.05) is 13.2 Å². The minimum Gasteiger partial charge on any atom is -0.379 e. The molecule has 104 valence electrons. The van der Waals surface area contributed by atoms with Gasteiger partial charge in [-0.2, -0.15) is 0 Å². The lowest BCUT2D eigenvalue weighted by molar-refractivity contribution is 0.0137. The summed E-state index contributed by atoms with van der Waals surface area (Å²) in [5, 5.41) is 3.26. The maximum absolute atomic E-state index is 5.42. The van der Waals surface area contributed by atoms with Crippen molar-refractivity contribution in [1.29, 1.82) is 0 Å². The summed E-state index contributed by atoms with van der Waals surface area (Å²) >= 11 is 0. The van der Waals surface area contributed by atoms with Gasteiger partial charge in [-0.3, -0.25) is 0 Å². The van der Waals surface area contributed by atoms with Crippen molar-refractivity contribution >= 4 is 0 Å². The molecular weight excluding hydrogens is 218 g/mol. The Morgan fingerprint density at radius 3 is 1.76 bits per heavy atom. The van der Waals surface area contributed by atoms with Gasteiger partial charge in [0.15, 0.2) is 0 Å². The first-order valence-corrected chi connectivity index (χ1v) is 6.85. The summed E-state index contributed by atoms with van der Waals surface area (Å²) in [4.78, 5) is 0. The van der Waals surface area contributed by atoms with Gasteiger partial charge in [0.1, 0.15) is 0 Å². The molecule has 0 aromatic carbocycles. The van der Waals surface area contributed by atoms with Crippen LogP contribution in [0.25, 0.3) is 0 Å². The van der Waals surface area contributed by atoms with Crippen LogP contribution in [0.15, 0.2) is 0 Å². The van der Waals surface area contributed by atoms with Gasteiger partial charge in [-0.25, -0.2) is 0 Å². The first-order chi connectivity index (χ1) is 8.41. The Morgan fingerprint density at radius 1 is 0.706 bits per heavy atom.